The van der Waals surface area contributed by atoms with Crippen LogP contribution in [-0.2, 0) is 14.3 Å². The number of hydrogen-bond acceptors (Lipinski definition) is 3. The Morgan fingerprint density at radius 2 is 1.60 bits per heavy atom. The van der Waals surface area contributed by atoms with Gasteiger partial charge in [-0.3, -0.25) is 0 Å². The van der Waals surface area contributed by atoms with Crippen LogP contribution in [0.1, 0.15) is 98.3 Å². The summed E-state index contributed by atoms with van der Waals surface area (Å²) in [6.07, 6.45) is 12.0. The first kappa shape index (κ1) is 25.9. The Bertz CT molecular complexity index is 577. The fourth-order valence-corrected chi connectivity index (χ4v) is 28.2. The Morgan fingerprint density at radius 1 is 1.03 bits per heavy atom. The molecule has 3 atom stereocenters. The predicted octanol–water partition coefficient (Wildman–Crippen LogP) is 7.47. The maximum atomic E-state index is 13.6. The van der Waals surface area contributed by atoms with E-state index in [0.717, 1.165) is 31.3 Å². The third kappa shape index (κ3) is 5.35. The first-order valence-corrected chi connectivity index (χ1v) is 20.5. The summed E-state index contributed by atoms with van der Waals surface area (Å²) in [7, 11) is 0. The van der Waals surface area contributed by atoms with Gasteiger partial charge in [-0.25, -0.2) is 0 Å². The van der Waals surface area contributed by atoms with E-state index in [-0.39, 0.29) is 21.2 Å². The SMILES string of the molecule is C=C1CC2(CCCCC2=O)[CH]([Sn]([CH2]CCC)([CH2]CCC)[CH2]CCC)C1C(=O)OCC. The average molecular weight is 525 g/mol. The predicted molar refractivity (Wildman–Crippen MR) is 128 cm³/mol. The molecule has 1 spiro atoms. The second-order valence-electron chi connectivity index (χ2n) is 10.0. The van der Waals surface area contributed by atoms with E-state index >= 15 is 0 Å². The Hall–Kier alpha value is -0.321. The minimum atomic E-state index is -2.90. The molecule has 3 unspecified atom stereocenters. The number of unbranched alkanes of at least 4 members (excludes halogenated alkanes) is 3. The molecule has 0 aliphatic heterocycles. The monoisotopic (exact) mass is 526 g/mol. The molecule has 0 radical (unpaired) electrons. The number of esters is 1. The van der Waals surface area contributed by atoms with Crippen molar-refractivity contribution in [3.8, 4) is 0 Å². The molecule has 2 fully saturated rings. The van der Waals surface area contributed by atoms with E-state index in [4.69, 9.17) is 4.74 Å². The zero-order valence-corrected chi connectivity index (χ0v) is 23.0. The van der Waals surface area contributed by atoms with Crippen molar-refractivity contribution in [3.63, 3.8) is 0 Å². The van der Waals surface area contributed by atoms with Gasteiger partial charge < -0.3 is 0 Å². The van der Waals surface area contributed by atoms with Gasteiger partial charge in [0.15, 0.2) is 0 Å². The Balaban J connectivity index is 2.63. The van der Waals surface area contributed by atoms with Crippen LogP contribution in [-0.4, -0.2) is 36.7 Å². The number of carbonyl (C=O) groups excluding carboxylic acids is 2. The quantitative estimate of drug-likeness (QED) is 0.151. The standard InChI is InChI=1S/C14H19O3.3C4H9.Sn/c1-3-17-13(16)11-9-14(8-10(11)2)7-5-4-6-12(14)15;3*1-3-4-2;/h9,11H,2-8H2,1H3;3*1,3-4H2,2H3;. The first-order chi connectivity index (χ1) is 14.4. The molecule has 0 amide bonds. The summed E-state index contributed by atoms with van der Waals surface area (Å²) in [6.45, 7) is 13.6. The number of rotatable bonds is 12. The fourth-order valence-electron chi connectivity index (χ4n) is 6.71. The van der Waals surface area contributed by atoms with Crippen molar-refractivity contribution >= 4 is 30.1 Å². The molecule has 2 rings (SSSR count). The van der Waals surface area contributed by atoms with E-state index in [0.29, 0.717) is 18.8 Å². The third-order valence-electron chi connectivity index (χ3n) is 8.03. The van der Waals surface area contributed by atoms with Crippen LogP contribution in [0.4, 0.5) is 0 Å². The van der Waals surface area contributed by atoms with Crippen molar-refractivity contribution in [2.24, 2.45) is 11.3 Å². The van der Waals surface area contributed by atoms with Gasteiger partial charge in [0.2, 0.25) is 0 Å². The van der Waals surface area contributed by atoms with Crippen molar-refractivity contribution < 1.29 is 14.3 Å². The van der Waals surface area contributed by atoms with Crippen molar-refractivity contribution in [1.29, 1.82) is 0 Å². The summed E-state index contributed by atoms with van der Waals surface area (Å²) in [4.78, 5) is 26.9. The third-order valence-corrected chi connectivity index (χ3v) is 25.9. The molecule has 0 aromatic rings. The van der Waals surface area contributed by atoms with Crippen LogP contribution in [0.25, 0.3) is 0 Å². The van der Waals surface area contributed by atoms with Crippen molar-refractivity contribution in [2.45, 2.75) is 116 Å². The van der Waals surface area contributed by atoms with Crippen LogP contribution >= 0.6 is 0 Å². The number of hydrogen-bond donors (Lipinski definition) is 0. The molecule has 2 aliphatic rings. The summed E-state index contributed by atoms with van der Waals surface area (Å²) in [5.41, 5.74) is 0.720. The Morgan fingerprint density at radius 3 is 2.07 bits per heavy atom. The molecule has 30 heavy (non-hydrogen) atoms. The molecule has 2 aliphatic carbocycles. The van der Waals surface area contributed by atoms with Crippen molar-refractivity contribution in [1.82, 2.24) is 0 Å². The Labute approximate surface area is 189 Å². The van der Waals surface area contributed by atoms with E-state index in [9.17, 15) is 9.59 Å². The average Bonchev–Trinajstić information content (AvgIpc) is 3.03. The molecule has 3 nitrogen and oxygen atoms in total. The second kappa shape index (κ2) is 12.1. The normalized spacial score (nSPS) is 27.1. The van der Waals surface area contributed by atoms with Gasteiger partial charge in [-0.1, -0.05) is 0 Å². The number of ketones is 1. The molecule has 0 aromatic heterocycles. The zero-order chi connectivity index (χ0) is 22.2. The number of Topliss-reactive ketones (excluding diaryl/α,β-unsaturated/α-hetero) is 1. The summed E-state index contributed by atoms with van der Waals surface area (Å²) < 4.78 is 9.88. The number of carbonyl (C=O) groups is 2. The van der Waals surface area contributed by atoms with Gasteiger partial charge >= 0.3 is 190 Å². The summed E-state index contributed by atoms with van der Waals surface area (Å²) in [5, 5.41) is 0. The molecule has 0 bridgehead atoms. The molecule has 2 saturated carbocycles. The van der Waals surface area contributed by atoms with Gasteiger partial charge in [0.05, 0.1) is 0 Å². The zero-order valence-electron chi connectivity index (χ0n) is 20.2. The Kier molecular flexibility index (Phi) is 10.4. The van der Waals surface area contributed by atoms with Gasteiger partial charge in [0, 0.05) is 0 Å². The maximum absolute atomic E-state index is 13.6. The van der Waals surface area contributed by atoms with Crippen LogP contribution in [0.15, 0.2) is 12.2 Å². The molecule has 172 valence electrons. The van der Waals surface area contributed by atoms with Crippen molar-refractivity contribution in [3.05, 3.63) is 12.2 Å². The van der Waals surface area contributed by atoms with Gasteiger partial charge in [0.1, 0.15) is 0 Å². The molecule has 0 aromatic carbocycles. The van der Waals surface area contributed by atoms with Gasteiger partial charge in [-0.15, -0.1) is 0 Å². The van der Waals surface area contributed by atoms with Crippen LogP contribution < -0.4 is 0 Å². The van der Waals surface area contributed by atoms with E-state index in [1.54, 1.807) is 0 Å². The molecular weight excluding hydrogens is 479 g/mol. The van der Waals surface area contributed by atoms with E-state index in [2.05, 4.69) is 27.4 Å². The topological polar surface area (TPSA) is 43.4 Å². The second-order valence-corrected chi connectivity index (χ2v) is 23.8. The van der Waals surface area contributed by atoms with Gasteiger partial charge in [-0.05, 0) is 0 Å². The van der Waals surface area contributed by atoms with E-state index in [1.807, 2.05) is 6.92 Å². The van der Waals surface area contributed by atoms with Gasteiger partial charge in [-0.2, -0.15) is 0 Å². The van der Waals surface area contributed by atoms with Crippen molar-refractivity contribution in [2.75, 3.05) is 6.61 Å². The summed E-state index contributed by atoms with van der Waals surface area (Å²) in [5.74, 6) is 0.166. The molecule has 0 heterocycles. The number of ether oxygens (including phenoxy) is 1. The van der Waals surface area contributed by atoms with E-state index < -0.39 is 18.4 Å². The fraction of sp³-hybridized carbons (Fsp3) is 0.846. The molecule has 0 saturated heterocycles. The van der Waals surface area contributed by atoms with Gasteiger partial charge in [0.25, 0.3) is 0 Å². The van der Waals surface area contributed by atoms with Crippen LogP contribution in [0.3, 0.4) is 0 Å². The molecule has 4 heteroatoms. The summed E-state index contributed by atoms with van der Waals surface area (Å²) in [6, 6.07) is 0. The first-order valence-electron chi connectivity index (χ1n) is 12.8. The van der Waals surface area contributed by atoms with Crippen LogP contribution in [0, 0.1) is 11.3 Å². The molecule has 0 N–H and O–H groups in total. The minimum absolute atomic E-state index is 0.0756. The van der Waals surface area contributed by atoms with Crippen LogP contribution in [0.5, 0.6) is 0 Å². The molecular formula is C26H46O3Sn. The van der Waals surface area contributed by atoms with E-state index in [1.165, 1.54) is 51.8 Å². The van der Waals surface area contributed by atoms with Crippen LogP contribution in [0.2, 0.25) is 17.2 Å². The summed E-state index contributed by atoms with van der Waals surface area (Å²) >= 11 is -2.90.